The van der Waals surface area contributed by atoms with Crippen molar-refractivity contribution in [1.82, 2.24) is 5.32 Å². The molecule has 0 aromatic carbocycles. The number of Topliss-reactive ketones (excluding diaryl/α,β-unsaturated/α-hetero) is 1. The minimum Gasteiger partial charge on any atom is -0.391 e. The van der Waals surface area contributed by atoms with Gasteiger partial charge in [-0.3, -0.25) is 9.59 Å². The molecule has 0 saturated heterocycles. The van der Waals surface area contributed by atoms with Crippen molar-refractivity contribution >= 4 is 11.6 Å². The van der Waals surface area contributed by atoms with Crippen molar-refractivity contribution in [3.63, 3.8) is 0 Å². The molecule has 0 saturated carbocycles. The van der Waals surface area contributed by atoms with Crippen molar-refractivity contribution in [3.8, 4) is 0 Å². The van der Waals surface area contributed by atoms with Crippen LogP contribution in [-0.2, 0) is 9.59 Å². The summed E-state index contributed by atoms with van der Waals surface area (Å²) < 4.78 is 0. The van der Waals surface area contributed by atoms with Gasteiger partial charge in [-0.05, 0) is 12.8 Å². The summed E-state index contributed by atoms with van der Waals surface area (Å²) in [5, 5.41) is 2.93. The quantitative estimate of drug-likeness (QED) is 0.361. The average molecular weight is 211 g/mol. The van der Waals surface area contributed by atoms with Crippen LogP contribution in [0.4, 0.5) is 0 Å². The maximum Gasteiger partial charge on any atom is 0.222 e. The van der Waals surface area contributed by atoms with E-state index in [4.69, 9.17) is 0 Å². The molecule has 0 aliphatic heterocycles. The fourth-order valence-corrected chi connectivity index (χ4v) is 1.11. The van der Waals surface area contributed by atoms with Crippen molar-refractivity contribution in [2.75, 3.05) is 6.54 Å². The summed E-state index contributed by atoms with van der Waals surface area (Å²) in [6.45, 7) is 4.94. The first-order chi connectivity index (χ1) is 7.22. The highest BCUT2D eigenvalue weighted by atomic mass is 16.2. The van der Waals surface area contributed by atoms with E-state index in [9.17, 15) is 9.59 Å². The average Bonchev–Trinajstić information content (AvgIpc) is 2.24. The van der Waals surface area contributed by atoms with E-state index in [2.05, 4.69) is 12.2 Å². The van der Waals surface area contributed by atoms with Gasteiger partial charge < -0.3 is 5.32 Å². The number of ketones is 2. The van der Waals surface area contributed by atoms with E-state index in [1.807, 2.05) is 6.92 Å². The van der Waals surface area contributed by atoms with Crippen molar-refractivity contribution in [3.05, 3.63) is 12.3 Å². The van der Waals surface area contributed by atoms with Crippen molar-refractivity contribution < 1.29 is 9.59 Å². The normalized spacial score (nSPS) is 10.5. The Kier molecular flexibility index (Phi) is 8.73. The lowest BCUT2D eigenvalue weighted by Crippen LogP contribution is -2.13. The zero-order chi connectivity index (χ0) is 11.5. The Morgan fingerprint density at radius 1 is 1.13 bits per heavy atom. The van der Waals surface area contributed by atoms with Crippen molar-refractivity contribution in [2.24, 2.45) is 0 Å². The number of allylic oxidation sites excluding steroid dienone is 1. The smallest absolute Gasteiger partial charge is 0.222 e. The summed E-state index contributed by atoms with van der Waals surface area (Å²) in [5.74, 6) is -0.673. The molecule has 3 heteroatoms. The van der Waals surface area contributed by atoms with Gasteiger partial charge in [0.15, 0.2) is 0 Å². The van der Waals surface area contributed by atoms with Crippen LogP contribution >= 0.6 is 0 Å². The standard InChI is InChI=1S/C12H21NO2/c1-3-5-6-7-11(14)12(15)8-10-13-9-4-2/h8,10,13H,3-7,9H2,1-2H3/b10-8-. The Hall–Kier alpha value is -1.12. The van der Waals surface area contributed by atoms with Gasteiger partial charge in [0.25, 0.3) is 0 Å². The summed E-state index contributed by atoms with van der Waals surface area (Å²) in [4.78, 5) is 22.5. The highest BCUT2D eigenvalue weighted by molar-refractivity contribution is 6.41. The van der Waals surface area contributed by atoms with Gasteiger partial charge in [-0.15, -0.1) is 0 Å². The molecule has 0 spiro atoms. The molecular formula is C12H21NO2. The van der Waals surface area contributed by atoms with Crippen LogP contribution in [0.3, 0.4) is 0 Å². The molecule has 0 fully saturated rings. The van der Waals surface area contributed by atoms with Crippen LogP contribution in [0.15, 0.2) is 12.3 Å². The molecule has 3 nitrogen and oxygen atoms in total. The maximum absolute atomic E-state index is 11.3. The predicted octanol–water partition coefficient (Wildman–Crippen LogP) is 2.22. The highest BCUT2D eigenvalue weighted by Gasteiger charge is 2.08. The van der Waals surface area contributed by atoms with Crippen LogP contribution < -0.4 is 5.32 Å². The molecule has 0 amide bonds. The van der Waals surface area contributed by atoms with E-state index in [-0.39, 0.29) is 5.78 Å². The van der Waals surface area contributed by atoms with Gasteiger partial charge in [-0.1, -0.05) is 26.7 Å². The zero-order valence-electron chi connectivity index (χ0n) is 9.71. The van der Waals surface area contributed by atoms with Crippen LogP contribution in [0.25, 0.3) is 0 Å². The second kappa shape index (κ2) is 9.44. The van der Waals surface area contributed by atoms with Gasteiger partial charge in [0.05, 0.1) is 0 Å². The summed E-state index contributed by atoms with van der Waals surface area (Å²) in [6, 6.07) is 0. The van der Waals surface area contributed by atoms with Gasteiger partial charge >= 0.3 is 0 Å². The molecule has 0 radical (unpaired) electrons. The Morgan fingerprint density at radius 2 is 1.87 bits per heavy atom. The lowest BCUT2D eigenvalue weighted by Gasteiger charge is -1.96. The molecule has 15 heavy (non-hydrogen) atoms. The second-order valence-electron chi connectivity index (χ2n) is 3.53. The molecule has 1 N–H and O–H groups in total. The van der Waals surface area contributed by atoms with Crippen LogP contribution in [-0.4, -0.2) is 18.1 Å². The monoisotopic (exact) mass is 211 g/mol. The lowest BCUT2D eigenvalue weighted by molar-refractivity contribution is -0.133. The van der Waals surface area contributed by atoms with E-state index < -0.39 is 5.78 Å². The van der Waals surface area contributed by atoms with Crippen LogP contribution in [0.1, 0.15) is 46.0 Å². The molecule has 0 aromatic heterocycles. The molecule has 0 aliphatic carbocycles. The Bertz CT molecular complexity index is 222. The first-order valence-electron chi connectivity index (χ1n) is 5.69. The van der Waals surface area contributed by atoms with Crippen LogP contribution in [0.2, 0.25) is 0 Å². The second-order valence-corrected chi connectivity index (χ2v) is 3.53. The van der Waals surface area contributed by atoms with Gasteiger partial charge in [0, 0.05) is 25.2 Å². The summed E-state index contributed by atoms with van der Waals surface area (Å²) in [6.07, 6.45) is 7.16. The topological polar surface area (TPSA) is 46.2 Å². The number of carbonyl (C=O) groups excluding carboxylic acids is 2. The summed E-state index contributed by atoms with van der Waals surface area (Å²) in [5.41, 5.74) is 0. The SMILES string of the molecule is CCCCCC(=O)C(=O)/C=C\NCCC. The molecule has 0 atom stereocenters. The van der Waals surface area contributed by atoms with Gasteiger partial charge in [0.1, 0.15) is 0 Å². The van der Waals surface area contributed by atoms with Crippen molar-refractivity contribution in [2.45, 2.75) is 46.0 Å². The lowest BCUT2D eigenvalue weighted by atomic mass is 10.1. The minimum atomic E-state index is -0.394. The molecule has 0 aliphatic rings. The van der Waals surface area contributed by atoms with Crippen LogP contribution in [0, 0.1) is 0 Å². The van der Waals surface area contributed by atoms with E-state index >= 15 is 0 Å². The molecule has 0 heterocycles. The molecular weight excluding hydrogens is 190 g/mol. The Balaban J connectivity index is 3.68. The Morgan fingerprint density at radius 3 is 2.47 bits per heavy atom. The molecule has 0 aromatic rings. The fourth-order valence-electron chi connectivity index (χ4n) is 1.11. The van der Waals surface area contributed by atoms with Crippen LogP contribution in [0.5, 0.6) is 0 Å². The number of unbranched alkanes of at least 4 members (excludes halogenated alkanes) is 2. The largest absolute Gasteiger partial charge is 0.391 e. The number of carbonyl (C=O) groups is 2. The Labute approximate surface area is 91.9 Å². The molecule has 0 bridgehead atoms. The van der Waals surface area contributed by atoms with E-state index in [1.165, 1.54) is 6.08 Å². The fraction of sp³-hybridized carbons (Fsp3) is 0.667. The van der Waals surface area contributed by atoms with Gasteiger partial charge in [-0.25, -0.2) is 0 Å². The number of hydrogen-bond donors (Lipinski definition) is 1. The van der Waals surface area contributed by atoms with Crippen molar-refractivity contribution in [1.29, 1.82) is 0 Å². The minimum absolute atomic E-state index is 0.280. The predicted molar refractivity (Wildman–Crippen MR) is 61.6 cm³/mol. The maximum atomic E-state index is 11.3. The van der Waals surface area contributed by atoms with E-state index in [0.29, 0.717) is 6.42 Å². The third-order valence-corrected chi connectivity index (χ3v) is 2.03. The third kappa shape index (κ3) is 7.91. The highest BCUT2D eigenvalue weighted by Crippen LogP contribution is 2.00. The number of nitrogens with one attached hydrogen (secondary N) is 1. The zero-order valence-corrected chi connectivity index (χ0v) is 9.71. The van der Waals surface area contributed by atoms with E-state index in [0.717, 1.165) is 32.2 Å². The number of rotatable bonds is 9. The van der Waals surface area contributed by atoms with Gasteiger partial charge in [-0.2, -0.15) is 0 Å². The summed E-state index contributed by atoms with van der Waals surface area (Å²) in [7, 11) is 0. The first-order valence-corrected chi connectivity index (χ1v) is 5.69. The molecule has 0 unspecified atom stereocenters. The third-order valence-electron chi connectivity index (χ3n) is 2.03. The molecule has 86 valence electrons. The van der Waals surface area contributed by atoms with Gasteiger partial charge in [0.2, 0.25) is 11.6 Å². The first kappa shape index (κ1) is 13.9. The molecule has 0 rings (SSSR count). The van der Waals surface area contributed by atoms with E-state index in [1.54, 1.807) is 6.20 Å². The number of hydrogen-bond acceptors (Lipinski definition) is 3. The summed E-state index contributed by atoms with van der Waals surface area (Å²) >= 11 is 0.